The number of rotatable bonds is 9. The van der Waals surface area contributed by atoms with Crippen molar-refractivity contribution in [1.29, 1.82) is 0 Å². The number of pyridine rings is 1. The Bertz CT molecular complexity index is 481. The van der Waals surface area contributed by atoms with E-state index in [1.807, 2.05) is 26.8 Å². The average molecular weight is 308 g/mol. The largest absolute Gasteiger partial charge is 0.481 e. The number of aromatic nitrogens is 1. The van der Waals surface area contributed by atoms with E-state index in [1.165, 1.54) is 0 Å². The summed E-state index contributed by atoms with van der Waals surface area (Å²) in [4.78, 5) is 16.8. The Kier molecular flexibility index (Phi) is 7.32. The fourth-order valence-electron chi connectivity index (χ4n) is 2.20. The van der Waals surface area contributed by atoms with Crippen molar-refractivity contribution in [1.82, 2.24) is 4.98 Å². The second-order valence-corrected chi connectivity index (χ2v) is 5.69. The highest BCUT2D eigenvalue weighted by molar-refractivity contribution is 5.97. The molecule has 0 aliphatic carbocycles. The molecule has 1 atom stereocenters. The predicted octanol–water partition coefficient (Wildman–Crippen LogP) is 3.71. The van der Waals surface area contributed by atoms with Gasteiger partial charge in [-0.1, -0.05) is 26.7 Å². The van der Waals surface area contributed by atoms with Crippen LogP contribution in [-0.4, -0.2) is 30.2 Å². The van der Waals surface area contributed by atoms with E-state index in [0.717, 1.165) is 24.8 Å². The molecule has 0 unspecified atom stereocenters. The minimum absolute atomic E-state index is 0.124. The lowest BCUT2D eigenvalue weighted by Gasteiger charge is -2.28. The highest BCUT2D eigenvalue weighted by atomic mass is 16.5. The van der Waals surface area contributed by atoms with Gasteiger partial charge in [-0.3, -0.25) is 4.79 Å². The molecule has 1 rings (SSSR count). The Morgan fingerprint density at radius 3 is 2.64 bits per heavy atom. The van der Waals surface area contributed by atoms with Crippen molar-refractivity contribution in [3.8, 4) is 5.88 Å². The van der Waals surface area contributed by atoms with Gasteiger partial charge >= 0.3 is 0 Å². The van der Waals surface area contributed by atoms with Crippen LogP contribution >= 0.6 is 0 Å². The summed E-state index contributed by atoms with van der Waals surface area (Å²) in [5.41, 5.74) is 0.732. The molecule has 0 saturated carbocycles. The molecule has 22 heavy (non-hydrogen) atoms. The lowest BCUT2D eigenvalue weighted by atomic mass is 9.97. The number of carbonyl (C=O) groups excluding carboxylic acids is 1. The zero-order valence-corrected chi connectivity index (χ0v) is 14.4. The van der Waals surface area contributed by atoms with E-state index in [9.17, 15) is 4.79 Å². The number of amides is 1. The third-order valence-corrected chi connectivity index (χ3v) is 3.59. The first-order valence-corrected chi connectivity index (χ1v) is 7.92. The number of carbonyl (C=O) groups is 1. The Morgan fingerprint density at radius 2 is 2.09 bits per heavy atom. The van der Waals surface area contributed by atoms with Gasteiger partial charge in [0.15, 0.2) is 0 Å². The van der Waals surface area contributed by atoms with Gasteiger partial charge in [0.1, 0.15) is 5.60 Å². The van der Waals surface area contributed by atoms with Crippen molar-refractivity contribution in [2.45, 2.75) is 59.0 Å². The smallest absolute Gasteiger partial charge is 0.256 e. The summed E-state index contributed by atoms with van der Waals surface area (Å²) in [7, 11) is 1.58. The molecular formula is C17H28N2O3. The van der Waals surface area contributed by atoms with Crippen molar-refractivity contribution in [2.24, 2.45) is 0 Å². The van der Waals surface area contributed by atoms with Crippen LogP contribution in [0, 0.1) is 6.92 Å². The first-order chi connectivity index (χ1) is 10.5. The highest BCUT2D eigenvalue weighted by Gasteiger charge is 2.33. The van der Waals surface area contributed by atoms with Crippen LogP contribution in [0.5, 0.6) is 5.88 Å². The second kappa shape index (κ2) is 8.73. The molecule has 1 aromatic heterocycles. The summed E-state index contributed by atoms with van der Waals surface area (Å²) in [6.07, 6.45) is 5.18. The van der Waals surface area contributed by atoms with Crippen LogP contribution in [0.3, 0.4) is 0 Å². The summed E-state index contributed by atoms with van der Waals surface area (Å²) in [6, 6.07) is 1.85. The van der Waals surface area contributed by atoms with Gasteiger partial charge in [-0.2, -0.15) is 0 Å². The van der Waals surface area contributed by atoms with E-state index in [4.69, 9.17) is 9.47 Å². The van der Waals surface area contributed by atoms with E-state index in [2.05, 4.69) is 17.2 Å². The van der Waals surface area contributed by atoms with Crippen LogP contribution in [0.15, 0.2) is 12.3 Å². The topological polar surface area (TPSA) is 60.5 Å². The van der Waals surface area contributed by atoms with Crippen molar-refractivity contribution in [3.63, 3.8) is 0 Å². The van der Waals surface area contributed by atoms with Crippen LogP contribution in [0.25, 0.3) is 0 Å². The Labute approximate surface area is 133 Å². The zero-order valence-electron chi connectivity index (χ0n) is 14.4. The molecule has 124 valence electrons. The normalized spacial score (nSPS) is 13.5. The molecule has 1 aromatic rings. The number of anilines is 1. The fourth-order valence-corrected chi connectivity index (χ4v) is 2.20. The third kappa shape index (κ3) is 4.98. The maximum Gasteiger partial charge on any atom is 0.256 e. The lowest BCUT2D eigenvalue weighted by Crippen LogP contribution is -2.43. The molecule has 1 amide bonds. The number of ether oxygens (including phenoxy) is 2. The first kappa shape index (κ1) is 18.4. The van der Waals surface area contributed by atoms with E-state index in [0.29, 0.717) is 24.6 Å². The standard InChI is InChI=1S/C17H28N2O3/c1-6-8-9-17(4,22-10-7-2)16(20)19-14-11-13(3)15(21-5)18-12-14/h11-12H,6-10H2,1-5H3,(H,19,20)/t17-/m0/s1. The molecule has 1 heterocycles. The lowest BCUT2D eigenvalue weighted by molar-refractivity contribution is -0.140. The summed E-state index contributed by atoms with van der Waals surface area (Å²) in [6.45, 7) is 8.47. The highest BCUT2D eigenvalue weighted by Crippen LogP contribution is 2.23. The number of unbranched alkanes of at least 4 members (excludes halogenated alkanes) is 1. The van der Waals surface area contributed by atoms with Crippen LogP contribution in [0.4, 0.5) is 5.69 Å². The van der Waals surface area contributed by atoms with Crippen LogP contribution in [0.1, 0.15) is 52.0 Å². The van der Waals surface area contributed by atoms with Gasteiger partial charge in [0, 0.05) is 12.2 Å². The van der Waals surface area contributed by atoms with Crippen molar-refractivity contribution >= 4 is 11.6 Å². The van der Waals surface area contributed by atoms with E-state index < -0.39 is 5.60 Å². The molecule has 0 aliphatic heterocycles. The van der Waals surface area contributed by atoms with Crippen molar-refractivity contribution in [3.05, 3.63) is 17.8 Å². The summed E-state index contributed by atoms with van der Waals surface area (Å²) in [5.74, 6) is 0.440. The summed E-state index contributed by atoms with van der Waals surface area (Å²) >= 11 is 0. The SMILES string of the molecule is CCCC[C@](C)(OCCC)C(=O)Nc1cnc(OC)c(C)c1. The molecule has 1 N–H and O–H groups in total. The Morgan fingerprint density at radius 1 is 1.36 bits per heavy atom. The van der Waals surface area contributed by atoms with Gasteiger partial charge in [0.2, 0.25) is 5.88 Å². The van der Waals surface area contributed by atoms with Crippen molar-refractivity contribution in [2.75, 3.05) is 19.0 Å². The van der Waals surface area contributed by atoms with Gasteiger partial charge in [-0.25, -0.2) is 4.98 Å². The maximum absolute atomic E-state index is 12.6. The molecule has 0 aromatic carbocycles. The maximum atomic E-state index is 12.6. The Hall–Kier alpha value is -1.62. The number of methoxy groups -OCH3 is 1. The number of nitrogens with one attached hydrogen (secondary N) is 1. The molecule has 0 radical (unpaired) electrons. The number of nitrogens with zero attached hydrogens (tertiary/aromatic N) is 1. The van der Waals surface area contributed by atoms with E-state index in [1.54, 1.807) is 13.3 Å². The third-order valence-electron chi connectivity index (χ3n) is 3.59. The minimum Gasteiger partial charge on any atom is -0.481 e. The predicted molar refractivity (Wildman–Crippen MR) is 88.3 cm³/mol. The second-order valence-electron chi connectivity index (χ2n) is 5.69. The molecule has 5 heteroatoms. The van der Waals surface area contributed by atoms with Crippen LogP contribution in [-0.2, 0) is 9.53 Å². The molecular weight excluding hydrogens is 280 g/mol. The van der Waals surface area contributed by atoms with Gasteiger partial charge in [-0.15, -0.1) is 0 Å². The number of aryl methyl sites for hydroxylation is 1. The van der Waals surface area contributed by atoms with E-state index >= 15 is 0 Å². The van der Waals surface area contributed by atoms with E-state index in [-0.39, 0.29) is 5.91 Å². The van der Waals surface area contributed by atoms with Gasteiger partial charge in [-0.05, 0) is 32.8 Å². The number of hydrogen-bond acceptors (Lipinski definition) is 4. The van der Waals surface area contributed by atoms with Crippen LogP contribution in [0.2, 0.25) is 0 Å². The monoisotopic (exact) mass is 308 g/mol. The molecule has 0 saturated heterocycles. The molecule has 0 fully saturated rings. The number of hydrogen-bond donors (Lipinski definition) is 1. The van der Waals surface area contributed by atoms with Crippen LogP contribution < -0.4 is 10.1 Å². The summed E-state index contributed by atoms with van der Waals surface area (Å²) in [5, 5.41) is 2.91. The fraction of sp³-hybridized carbons (Fsp3) is 0.647. The Balaban J connectivity index is 2.83. The quantitative estimate of drug-likeness (QED) is 0.755. The zero-order chi connectivity index (χ0) is 16.6. The molecule has 0 spiro atoms. The summed E-state index contributed by atoms with van der Waals surface area (Å²) < 4.78 is 11.0. The molecule has 0 aliphatic rings. The van der Waals surface area contributed by atoms with Crippen molar-refractivity contribution < 1.29 is 14.3 Å². The van der Waals surface area contributed by atoms with Gasteiger partial charge in [0.05, 0.1) is 19.0 Å². The van der Waals surface area contributed by atoms with Gasteiger partial charge < -0.3 is 14.8 Å². The molecule has 5 nitrogen and oxygen atoms in total. The average Bonchev–Trinajstić information content (AvgIpc) is 2.51. The van der Waals surface area contributed by atoms with Gasteiger partial charge in [0.25, 0.3) is 5.91 Å². The molecule has 0 bridgehead atoms. The first-order valence-electron chi connectivity index (χ1n) is 7.92. The minimum atomic E-state index is -0.806.